The molecule has 2 rings (SSSR count). The number of hydrogen-bond donors (Lipinski definition) is 0. The second-order valence-electron chi connectivity index (χ2n) is 4.27. The van der Waals surface area contributed by atoms with Gasteiger partial charge in [0.25, 0.3) is 0 Å². The quantitative estimate of drug-likeness (QED) is 0.776. The fourth-order valence-electron chi connectivity index (χ4n) is 1.95. The first kappa shape index (κ1) is 12.1. The molecular formula is C14H15ClN2. The monoisotopic (exact) mass is 246 g/mol. The van der Waals surface area contributed by atoms with E-state index in [2.05, 4.69) is 42.0 Å². The van der Waals surface area contributed by atoms with Crippen molar-refractivity contribution in [2.24, 2.45) is 0 Å². The van der Waals surface area contributed by atoms with E-state index in [-0.39, 0.29) is 0 Å². The van der Waals surface area contributed by atoms with Gasteiger partial charge in [-0.15, -0.1) is 11.6 Å². The highest BCUT2D eigenvalue weighted by Gasteiger charge is 2.02. The van der Waals surface area contributed by atoms with E-state index in [0.717, 1.165) is 17.9 Å². The fourth-order valence-corrected chi connectivity index (χ4v) is 2.10. The molecule has 0 aliphatic carbocycles. The Morgan fingerprint density at radius 3 is 2.47 bits per heavy atom. The Bertz CT molecular complexity index is 503. The molecular weight excluding hydrogens is 232 g/mol. The minimum absolute atomic E-state index is 0.433. The number of halogens is 1. The number of aromatic nitrogens is 2. The van der Waals surface area contributed by atoms with Crippen molar-refractivity contribution in [2.45, 2.75) is 26.1 Å². The van der Waals surface area contributed by atoms with Crippen LogP contribution in [0.5, 0.6) is 0 Å². The third-order valence-electron chi connectivity index (χ3n) is 2.54. The summed E-state index contributed by atoms with van der Waals surface area (Å²) in [4.78, 5) is 8.68. The summed E-state index contributed by atoms with van der Waals surface area (Å²) in [5.41, 5.74) is 4.66. The largest absolute Gasteiger partial charge is 0.241 e. The molecule has 1 heterocycles. The number of hydrogen-bond acceptors (Lipinski definition) is 2. The molecule has 0 radical (unpaired) electrons. The SMILES string of the molecule is Cc1cc(C)cc(Cc2nccc(CCl)n2)c1. The molecule has 0 atom stereocenters. The van der Waals surface area contributed by atoms with Crippen LogP contribution in [0.2, 0.25) is 0 Å². The van der Waals surface area contributed by atoms with Crippen LogP contribution < -0.4 is 0 Å². The second kappa shape index (κ2) is 5.28. The maximum atomic E-state index is 5.76. The maximum Gasteiger partial charge on any atom is 0.132 e. The summed E-state index contributed by atoms with van der Waals surface area (Å²) in [5.74, 6) is 1.26. The predicted octanol–water partition coefficient (Wildman–Crippen LogP) is 3.42. The lowest BCUT2D eigenvalue weighted by atomic mass is 10.0. The number of aryl methyl sites for hydroxylation is 2. The molecule has 0 amide bonds. The van der Waals surface area contributed by atoms with Crippen LogP contribution in [0.4, 0.5) is 0 Å². The van der Waals surface area contributed by atoms with E-state index in [1.807, 2.05) is 6.07 Å². The maximum absolute atomic E-state index is 5.76. The van der Waals surface area contributed by atoms with E-state index < -0.39 is 0 Å². The fraction of sp³-hybridized carbons (Fsp3) is 0.286. The Morgan fingerprint density at radius 2 is 1.82 bits per heavy atom. The van der Waals surface area contributed by atoms with Crippen molar-refractivity contribution in [1.29, 1.82) is 0 Å². The molecule has 0 fully saturated rings. The molecule has 0 bridgehead atoms. The molecule has 0 N–H and O–H groups in total. The standard InChI is InChI=1S/C14H15ClN2/c1-10-5-11(2)7-12(6-10)8-14-16-4-3-13(9-15)17-14/h3-7H,8-9H2,1-2H3. The molecule has 0 unspecified atom stereocenters. The Kier molecular flexibility index (Phi) is 3.75. The summed E-state index contributed by atoms with van der Waals surface area (Å²) in [6.07, 6.45) is 2.52. The van der Waals surface area contributed by atoms with Gasteiger partial charge < -0.3 is 0 Å². The van der Waals surface area contributed by atoms with Gasteiger partial charge in [-0.3, -0.25) is 0 Å². The summed E-state index contributed by atoms with van der Waals surface area (Å²) < 4.78 is 0. The minimum atomic E-state index is 0.433. The number of rotatable bonds is 3. The molecule has 88 valence electrons. The average Bonchev–Trinajstić information content (AvgIpc) is 2.28. The van der Waals surface area contributed by atoms with Gasteiger partial charge in [-0.2, -0.15) is 0 Å². The first-order chi connectivity index (χ1) is 8.17. The van der Waals surface area contributed by atoms with Crippen LogP contribution in [0.25, 0.3) is 0 Å². The van der Waals surface area contributed by atoms with Gasteiger partial charge in [0, 0.05) is 12.6 Å². The average molecular weight is 247 g/mol. The zero-order valence-electron chi connectivity index (χ0n) is 10.1. The highest BCUT2D eigenvalue weighted by atomic mass is 35.5. The zero-order chi connectivity index (χ0) is 12.3. The number of alkyl halides is 1. The highest BCUT2D eigenvalue weighted by molar-refractivity contribution is 6.16. The summed E-state index contributed by atoms with van der Waals surface area (Å²) in [7, 11) is 0. The molecule has 2 aromatic rings. The van der Waals surface area contributed by atoms with Crippen LogP contribution in [0.15, 0.2) is 30.5 Å². The second-order valence-corrected chi connectivity index (χ2v) is 4.54. The lowest BCUT2D eigenvalue weighted by molar-refractivity contribution is 0.934. The van der Waals surface area contributed by atoms with Crippen molar-refractivity contribution in [3.05, 3.63) is 58.7 Å². The summed E-state index contributed by atoms with van der Waals surface area (Å²) in [5, 5.41) is 0. The Hall–Kier alpha value is -1.41. The lowest BCUT2D eigenvalue weighted by Gasteiger charge is -2.05. The minimum Gasteiger partial charge on any atom is -0.241 e. The van der Waals surface area contributed by atoms with Crippen molar-refractivity contribution >= 4 is 11.6 Å². The molecule has 0 saturated carbocycles. The highest BCUT2D eigenvalue weighted by Crippen LogP contribution is 2.12. The third kappa shape index (κ3) is 3.27. The van der Waals surface area contributed by atoms with Gasteiger partial charge in [0.05, 0.1) is 11.6 Å². The van der Waals surface area contributed by atoms with Crippen LogP contribution in [0.3, 0.4) is 0 Å². The van der Waals surface area contributed by atoms with E-state index in [4.69, 9.17) is 11.6 Å². The Balaban J connectivity index is 2.24. The Morgan fingerprint density at radius 1 is 1.12 bits per heavy atom. The van der Waals surface area contributed by atoms with Crippen molar-refractivity contribution in [3.8, 4) is 0 Å². The first-order valence-corrected chi connectivity index (χ1v) is 6.15. The van der Waals surface area contributed by atoms with Gasteiger partial charge in [-0.1, -0.05) is 29.3 Å². The van der Waals surface area contributed by atoms with Gasteiger partial charge in [0.1, 0.15) is 5.82 Å². The van der Waals surface area contributed by atoms with Gasteiger partial charge in [-0.05, 0) is 25.5 Å². The third-order valence-corrected chi connectivity index (χ3v) is 2.82. The van der Waals surface area contributed by atoms with E-state index in [1.54, 1.807) is 6.20 Å². The summed E-state index contributed by atoms with van der Waals surface area (Å²) >= 11 is 5.76. The van der Waals surface area contributed by atoms with Crippen LogP contribution in [0, 0.1) is 13.8 Å². The van der Waals surface area contributed by atoms with Gasteiger partial charge >= 0.3 is 0 Å². The van der Waals surface area contributed by atoms with Gasteiger partial charge in [0.2, 0.25) is 0 Å². The van der Waals surface area contributed by atoms with E-state index >= 15 is 0 Å². The number of benzene rings is 1. The van der Waals surface area contributed by atoms with Crippen molar-refractivity contribution < 1.29 is 0 Å². The molecule has 0 spiro atoms. The van der Waals surface area contributed by atoms with E-state index in [1.165, 1.54) is 16.7 Å². The zero-order valence-corrected chi connectivity index (χ0v) is 10.8. The summed E-state index contributed by atoms with van der Waals surface area (Å²) in [6.45, 7) is 4.21. The van der Waals surface area contributed by atoms with Crippen LogP contribution in [-0.4, -0.2) is 9.97 Å². The van der Waals surface area contributed by atoms with Crippen LogP contribution in [0.1, 0.15) is 28.2 Å². The predicted molar refractivity (Wildman–Crippen MR) is 70.3 cm³/mol. The van der Waals surface area contributed by atoms with E-state index in [0.29, 0.717) is 5.88 Å². The Labute approximate surface area is 107 Å². The van der Waals surface area contributed by atoms with Crippen LogP contribution in [-0.2, 0) is 12.3 Å². The van der Waals surface area contributed by atoms with Crippen LogP contribution >= 0.6 is 11.6 Å². The molecule has 3 heteroatoms. The van der Waals surface area contributed by atoms with Gasteiger partial charge in [-0.25, -0.2) is 9.97 Å². The van der Waals surface area contributed by atoms with E-state index in [9.17, 15) is 0 Å². The smallest absolute Gasteiger partial charge is 0.132 e. The molecule has 1 aromatic carbocycles. The first-order valence-electron chi connectivity index (χ1n) is 5.61. The molecule has 0 aliphatic rings. The molecule has 1 aromatic heterocycles. The van der Waals surface area contributed by atoms with Crippen molar-refractivity contribution in [1.82, 2.24) is 9.97 Å². The van der Waals surface area contributed by atoms with Gasteiger partial charge in [0.15, 0.2) is 0 Å². The topological polar surface area (TPSA) is 25.8 Å². The lowest BCUT2D eigenvalue weighted by Crippen LogP contribution is -1.99. The molecule has 0 saturated heterocycles. The van der Waals surface area contributed by atoms with Crippen molar-refractivity contribution in [3.63, 3.8) is 0 Å². The molecule has 17 heavy (non-hydrogen) atoms. The molecule has 0 aliphatic heterocycles. The van der Waals surface area contributed by atoms with Crippen molar-refractivity contribution in [2.75, 3.05) is 0 Å². The number of nitrogens with zero attached hydrogens (tertiary/aromatic N) is 2. The molecule has 2 nitrogen and oxygen atoms in total. The normalized spacial score (nSPS) is 10.5. The summed E-state index contributed by atoms with van der Waals surface area (Å²) in [6, 6.07) is 8.35.